The molecule has 6 heteroatoms. The fourth-order valence-electron chi connectivity index (χ4n) is 2.03. The summed E-state index contributed by atoms with van der Waals surface area (Å²) >= 11 is 0. The number of anilines is 2. The number of nitrogens with zero attached hydrogens (tertiary/aromatic N) is 4. The normalized spacial score (nSPS) is 16.4. The third kappa shape index (κ3) is 3.45. The second-order valence-electron chi connectivity index (χ2n) is 4.53. The van der Waals surface area contributed by atoms with E-state index in [1.165, 1.54) is 25.7 Å². The van der Waals surface area contributed by atoms with Crippen LogP contribution < -0.4 is 15.4 Å². The number of aromatic nitrogens is 3. The molecule has 1 saturated heterocycles. The van der Waals surface area contributed by atoms with Crippen molar-refractivity contribution in [1.29, 1.82) is 0 Å². The van der Waals surface area contributed by atoms with Crippen LogP contribution in [0.2, 0.25) is 0 Å². The minimum Gasteiger partial charge on any atom is -0.463 e. The van der Waals surface area contributed by atoms with Crippen LogP contribution in [0.5, 0.6) is 6.01 Å². The van der Waals surface area contributed by atoms with Crippen LogP contribution >= 0.6 is 0 Å². The molecule has 6 nitrogen and oxygen atoms in total. The summed E-state index contributed by atoms with van der Waals surface area (Å²) in [6.07, 6.45) is 5.82. The molecular weight excluding hydrogens is 230 g/mol. The zero-order valence-corrected chi connectivity index (χ0v) is 10.9. The predicted molar refractivity (Wildman–Crippen MR) is 70.7 cm³/mol. The summed E-state index contributed by atoms with van der Waals surface area (Å²) in [6.45, 7) is 4.61. The Balaban J connectivity index is 2.12. The first-order valence-electron chi connectivity index (χ1n) is 6.69. The topological polar surface area (TPSA) is 77.2 Å². The van der Waals surface area contributed by atoms with E-state index < -0.39 is 0 Å². The molecule has 0 amide bonds. The zero-order valence-electron chi connectivity index (χ0n) is 10.9. The summed E-state index contributed by atoms with van der Waals surface area (Å²) in [5, 5.41) is 0. The summed E-state index contributed by atoms with van der Waals surface area (Å²) in [7, 11) is 0. The van der Waals surface area contributed by atoms with Crippen LogP contribution in [0.4, 0.5) is 11.9 Å². The van der Waals surface area contributed by atoms with Crippen molar-refractivity contribution >= 4 is 11.9 Å². The number of nitrogens with two attached hydrogens (primary N) is 1. The fourth-order valence-corrected chi connectivity index (χ4v) is 2.03. The first kappa shape index (κ1) is 12.9. The van der Waals surface area contributed by atoms with Crippen LogP contribution in [-0.2, 0) is 0 Å². The predicted octanol–water partition coefficient (Wildman–Crippen LogP) is 1.62. The number of hydrogen-bond acceptors (Lipinski definition) is 6. The minimum atomic E-state index is 0.232. The van der Waals surface area contributed by atoms with Crippen molar-refractivity contribution in [2.45, 2.75) is 39.0 Å². The Morgan fingerprint density at radius 2 is 1.83 bits per heavy atom. The highest BCUT2D eigenvalue weighted by atomic mass is 16.5. The van der Waals surface area contributed by atoms with Crippen LogP contribution in [-0.4, -0.2) is 34.6 Å². The Labute approximate surface area is 108 Å². The minimum absolute atomic E-state index is 0.232. The van der Waals surface area contributed by atoms with Crippen molar-refractivity contribution in [2.75, 3.05) is 30.3 Å². The van der Waals surface area contributed by atoms with E-state index in [0.717, 1.165) is 19.5 Å². The highest BCUT2D eigenvalue weighted by molar-refractivity contribution is 5.36. The maximum atomic E-state index is 5.71. The fraction of sp³-hybridized carbons (Fsp3) is 0.750. The molecule has 0 bridgehead atoms. The van der Waals surface area contributed by atoms with Crippen LogP contribution in [0.1, 0.15) is 39.0 Å². The standard InChI is InChI=1S/C12H21N5O/c1-2-9-18-12-15-10(13)14-11(16-12)17-7-5-3-4-6-8-17/h2-9H2,1H3,(H2,13,14,15,16). The molecule has 0 unspecified atom stereocenters. The quantitative estimate of drug-likeness (QED) is 0.876. The van der Waals surface area contributed by atoms with Crippen LogP contribution in [0.15, 0.2) is 0 Å². The van der Waals surface area contributed by atoms with Gasteiger partial charge in [-0.1, -0.05) is 19.8 Å². The lowest BCUT2D eigenvalue weighted by molar-refractivity contribution is 0.292. The number of hydrogen-bond donors (Lipinski definition) is 1. The molecule has 0 atom stereocenters. The Morgan fingerprint density at radius 1 is 1.11 bits per heavy atom. The average molecular weight is 251 g/mol. The van der Waals surface area contributed by atoms with Gasteiger partial charge in [0, 0.05) is 13.1 Å². The van der Waals surface area contributed by atoms with Gasteiger partial charge in [-0.15, -0.1) is 0 Å². The van der Waals surface area contributed by atoms with Gasteiger partial charge in [-0.25, -0.2) is 0 Å². The van der Waals surface area contributed by atoms with Gasteiger partial charge in [0.05, 0.1) is 6.61 Å². The largest absolute Gasteiger partial charge is 0.463 e. The number of ether oxygens (including phenoxy) is 1. The maximum Gasteiger partial charge on any atom is 0.323 e. The first-order valence-corrected chi connectivity index (χ1v) is 6.69. The van der Waals surface area contributed by atoms with E-state index in [0.29, 0.717) is 18.6 Å². The van der Waals surface area contributed by atoms with Crippen molar-refractivity contribution in [3.63, 3.8) is 0 Å². The highest BCUT2D eigenvalue weighted by Gasteiger charge is 2.15. The molecule has 1 aromatic heterocycles. The maximum absolute atomic E-state index is 5.71. The van der Waals surface area contributed by atoms with E-state index in [4.69, 9.17) is 10.5 Å². The number of nitrogen functional groups attached to an aromatic ring is 1. The molecule has 100 valence electrons. The Hall–Kier alpha value is -1.59. The van der Waals surface area contributed by atoms with E-state index in [1.807, 2.05) is 6.92 Å². The van der Waals surface area contributed by atoms with Gasteiger partial charge in [0.25, 0.3) is 0 Å². The molecule has 0 aromatic carbocycles. The van der Waals surface area contributed by atoms with Crippen LogP contribution in [0.25, 0.3) is 0 Å². The van der Waals surface area contributed by atoms with Crippen LogP contribution in [0, 0.1) is 0 Å². The van der Waals surface area contributed by atoms with Gasteiger partial charge >= 0.3 is 6.01 Å². The smallest absolute Gasteiger partial charge is 0.323 e. The lowest BCUT2D eigenvalue weighted by atomic mass is 10.2. The van der Waals surface area contributed by atoms with E-state index in [9.17, 15) is 0 Å². The van der Waals surface area contributed by atoms with Gasteiger partial charge in [0.2, 0.25) is 11.9 Å². The number of rotatable bonds is 4. The SMILES string of the molecule is CCCOc1nc(N)nc(N2CCCCCC2)n1. The summed E-state index contributed by atoms with van der Waals surface area (Å²) in [5.41, 5.74) is 5.71. The third-order valence-corrected chi connectivity index (χ3v) is 2.94. The first-order chi connectivity index (χ1) is 8.79. The summed E-state index contributed by atoms with van der Waals surface area (Å²) in [5.74, 6) is 0.880. The van der Waals surface area contributed by atoms with Gasteiger partial charge in [0.1, 0.15) is 0 Å². The Kier molecular flexibility index (Phi) is 4.55. The monoisotopic (exact) mass is 251 g/mol. The van der Waals surface area contributed by atoms with E-state index >= 15 is 0 Å². The van der Waals surface area contributed by atoms with E-state index in [-0.39, 0.29) is 5.95 Å². The second kappa shape index (κ2) is 6.37. The molecule has 1 aliphatic heterocycles. The van der Waals surface area contributed by atoms with Gasteiger partial charge in [0.15, 0.2) is 0 Å². The third-order valence-electron chi connectivity index (χ3n) is 2.94. The molecule has 1 aliphatic rings. The Bertz CT molecular complexity index is 377. The zero-order chi connectivity index (χ0) is 12.8. The molecule has 18 heavy (non-hydrogen) atoms. The molecule has 1 fully saturated rings. The molecule has 2 heterocycles. The molecule has 2 N–H and O–H groups in total. The molecule has 1 aromatic rings. The molecule has 0 aliphatic carbocycles. The molecule has 2 rings (SSSR count). The van der Waals surface area contributed by atoms with Crippen molar-refractivity contribution in [2.24, 2.45) is 0 Å². The second-order valence-corrected chi connectivity index (χ2v) is 4.53. The summed E-state index contributed by atoms with van der Waals surface area (Å²) in [4.78, 5) is 14.7. The van der Waals surface area contributed by atoms with Gasteiger partial charge in [-0.2, -0.15) is 15.0 Å². The van der Waals surface area contributed by atoms with Crippen LogP contribution in [0.3, 0.4) is 0 Å². The highest BCUT2D eigenvalue weighted by Crippen LogP contribution is 2.18. The molecule has 0 spiro atoms. The average Bonchev–Trinajstić information content (AvgIpc) is 2.64. The summed E-state index contributed by atoms with van der Waals surface area (Å²) in [6, 6.07) is 0.337. The van der Waals surface area contributed by atoms with E-state index in [2.05, 4.69) is 19.9 Å². The van der Waals surface area contributed by atoms with Gasteiger partial charge < -0.3 is 15.4 Å². The van der Waals surface area contributed by atoms with Gasteiger partial charge in [-0.3, -0.25) is 0 Å². The Morgan fingerprint density at radius 3 is 2.50 bits per heavy atom. The molecule has 0 radical (unpaired) electrons. The lowest BCUT2D eigenvalue weighted by Crippen LogP contribution is -2.26. The lowest BCUT2D eigenvalue weighted by Gasteiger charge is -2.20. The van der Waals surface area contributed by atoms with Gasteiger partial charge in [-0.05, 0) is 19.3 Å². The van der Waals surface area contributed by atoms with E-state index in [1.54, 1.807) is 0 Å². The van der Waals surface area contributed by atoms with Crippen molar-refractivity contribution in [3.05, 3.63) is 0 Å². The molecular formula is C12H21N5O. The van der Waals surface area contributed by atoms with Crippen molar-refractivity contribution < 1.29 is 4.74 Å². The summed E-state index contributed by atoms with van der Waals surface area (Å²) < 4.78 is 5.43. The molecule has 0 saturated carbocycles. The van der Waals surface area contributed by atoms with Crippen molar-refractivity contribution in [1.82, 2.24) is 15.0 Å². The van der Waals surface area contributed by atoms with Crippen molar-refractivity contribution in [3.8, 4) is 6.01 Å².